The van der Waals surface area contributed by atoms with Gasteiger partial charge in [-0.2, -0.15) is 0 Å². The Bertz CT molecular complexity index is 1010. The Hall–Kier alpha value is -3.20. The molecule has 1 atom stereocenters. The van der Waals surface area contributed by atoms with Crippen LogP contribution in [0.3, 0.4) is 0 Å². The Balaban J connectivity index is 1.67. The molecule has 1 aliphatic heterocycles. The number of amides is 1. The molecule has 1 heterocycles. The highest BCUT2D eigenvalue weighted by Gasteiger charge is 2.26. The first-order valence-corrected chi connectivity index (χ1v) is 12.6. The van der Waals surface area contributed by atoms with Crippen LogP contribution in [0.15, 0.2) is 71.0 Å². The summed E-state index contributed by atoms with van der Waals surface area (Å²) in [6.07, 6.45) is 2.53. The van der Waals surface area contributed by atoms with E-state index in [4.69, 9.17) is 10.5 Å². The van der Waals surface area contributed by atoms with Crippen molar-refractivity contribution in [2.75, 3.05) is 46.9 Å². The third-order valence-electron chi connectivity index (χ3n) is 6.21. The van der Waals surface area contributed by atoms with Crippen LogP contribution in [0.4, 0.5) is 0 Å². The van der Waals surface area contributed by atoms with Crippen LogP contribution in [0.25, 0.3) is 0 Å². The van der Waals surface area contributed by atoms with Crippen molar-refractivity contribution in [2.24, 2.45) is 10.7 Å². The fraction of sp³-hybridized carbons (Fsp3) is 0.429. The topological polar surface area (TPSA) is 95.2 Å². The molecule has 0 bridgehead atoms. The van der Waals surface area contributed by atoms with Gasteiger partial charge in [0.2, 0.25) is 0 Å². The second-order valence-electron chi connectivity index (χ2n) is 8.85. The van der Waals surface area contributed by atoms with Crippen LogP contribution in [0.1, 0.15) is 36.1 Å². The molecular formula is C28H40N6O2. The number of carbonyl (C=O) groups is 1. The number of rotatable bonds is 13. The van der Waals surface area contributed by atoms with E-state index in [0.29, 0.717) is 25.3 Å². The Morgan fingerprint density at radius 2 is 1.83 bits per heavy atom. The maximum Gasteiger partial charge on any atom is 0.259 e. The Morgan fingerprint density at radius 1 is 1.11 bits per heavy atom. The minimum Gasteiger partial charge on any atom is -0.371 e. The van der Waals surface area contributed by atoms with Crippen LogP contribution in [0.5, 0.6) is 0 Å². The zero-order valence-corrected chi connectivity index (χ0v) is 21.7. The summed E-state index contributed by atoms with van der Waals surface area (Å²) < 4.78 is 6.29. The van der Waals surface area contributed by atoms with Crippen LogP contribution >= 0.6 is 0 Å². The number of likely N-dealkylation sites (N-methyl/N-ethyl adjacent to an activating group) is 1. The molecule has 0 aliphatic carbocycles. The van der Waals surface area contributed by atoms with E-state index < -0.39 is 0 Å². The first-order valence-electron chi connectivity index (χ1n) is 12.6. The van der Waals surface area contributed by atoms with Crippen LogP contribution in [0.2, 0.25) is 0 Å². The van der Waals surface area contributed by atoms with Crippen LogP contribution in [0, 0.1) is 0 Å². The number of ether oxygens (including phenoxy) is 1. The molecule has 0 saturated carbocycles. The molecule has 8 nitrogen and oxygen atoms in total. The van der Waals surface area contributed by atoms with Crippen LogP contribution in [-0.2, 0) is 22.7 Å². The maximum atomic E-state index is 13.4. The first-order chi connectivity index (χ1) is 17.6. The van der Waals surface area contributed by atoms with E-state index in [-0.39, 0.29) is 18.7 Å². The molecule has 1 amide bonds. The second-order valence-corrected chi connectivity index (χ2v) is 8.85. The predicted molar refractivity (Wildman–Crippen MR) is 145 cm³/mol. The van der Waals surface area contributed by atoms with Gasteiger partial charge in [0, 0.05) is 39.4 Å². The molecule has 0 saturated heterocycles. The summed E-state index contributed by atoms with van der Waals surface area (Å²) in [5.74, 6) is 0.746. The average Bonchev–Trinajstić information content (AvgIpc) is 3.01. The lowest BCUT2D eigenvalue weighted by molar-refractivity contribution is -0.126. The summed E-state index contributed by atoms with van der Waals surface area (Å²) in [5.41, 5.74) is 9.48. The molecule has 194 valence electrons. The van der Waals surface area contributed by atoms with Crippen molar-refractivity contribution in [2.45, 2.75) is 32.6 Å². The van der Waals surface area contributed by atoms with E-state index in [9.17, 15) is 4.79 Å². The molecule has 0 aromatic heterocycles. The van der Waals surface area contributed by atoms with Gasteiger partial charge >= 0.3 is 0 Å². The number of hydrogen-bond donors (Lipinski definition) is 3. The van der Waals surface area contributed by atoms with Crippen molar-refractivity contribution < 1.29 is 9.53 Å². The van der Waals surface area contributed by atoms with Gasteiger partial charge in [-0.1, -0.05) is 54.6 Å². The third kappa shape index (κ3) is 7.65. The number of benzene rings is 2. The number of nitrogens with zero attached hydrogens (tertiary/aromatic N) is 3. The van der Waals surface area contributed by atoms with Crippen molar-refractivity contribution in [1.82, 2.24) is 20.4 Å². The van der Waals surface area contributed by atoms with Crippen LogP contribution in [-0.4, -0.2) is 68.9 Å². The van der Waals surface area contributed by atoms with E-state index in [1.165, 1.54) is 5.56 Å². The van der Waals surface area contributed by atoms with Gasteiger partial charge in [0.1, 0.15) is 5.82 Å². The van der Waals surface area contributed by atoms with E-state index in [2.05, 4.69) is 56.9 Å². The summed E-state index contributed by atoms with van der Waals surface area (Å²) in [6, 6.07) is 18.7. The van der Waals surface area contributed by atoms with Crippen LogP contribution < -0.4 is 16.4 Å². The molecule has 1 unspecified atom stereocenters. The molecule has 2 aromatic carbocycles. The van der Waals surface area contributed by atoms with Gasteiger partial charge in [0.05, 0.1) is 25.0 Å². The van der Waals surface area contributed by atoms with Gasteiger partial charge in [-0.25, -0.2) is 0 Å². The molecule has 1 aliphatic rings. The smallest absolute Gasteiger partial charge is 0.259 e. The molecule has 0 fully saturated rings. The monoisotopic (exact) mass is 492 g/mol. The lowest BCUT2D eigenvalue weighted by atomic mass is 10.1. The molecule has 8 heteroatoms. The lowest BCUT2D eigenvalue weighted by Crippen LogP contribution is -2.34. The highest BCUT2D eigenvalue weighted by atomic mass is 16.5. The molecule has 0 radical (unpaired) electrons. The van der Waals surface area contributed by atoms with Gasteiger partial charge in [0.15, 0.2) is 0 Å². The van der Waals surface area contributed by atoms with E-state index in [1.807, 2.05) is 44.1 Å². The number of nitrogens with one attached hydrogen (secondary N) is 2. The van der Waals surface area contributed by atoms with Crippen molar-refractivity contribution in [1.29, 1.82) is 0 Å². The highest BCUT2D eigenvalue weighted by Crippen LogP contribution is 2.23. The molecular weight excluding hydrogens is 452 g/mol. The SMILES string of the molecule is CCNC1=C(/C=N\CN)C(=O)N(Cc2ccc(COC(CCNC)c3ccccc3)cc2)CCN1C. The molecule has 36 heavy (non-hydrogen) atoms. The summed E-state index contributed by atoms with van der Waals surface area (Å²) in [7, 11) is 3.94. The summed E-state index contributed by atoms with van der Waals surface area (Å²) in [5, 5.41) is 6.52. The normalized spacial score (nSPS) is 15.5. The summed E-state index contributed by atoms with van der Waals surface area (Å²) in [6.45, 7) is 6.18. The highest BCUT2D eigenvalue weighted by molar-refractivity contribution is 6.12. The molecule has 0 spiro atoms. The maximum absolute atomic E-state index is 13.4. The van der Waals surface area contributed by atoms with E-state index >= 15 is 0 Å². The minimum absolute atomic E-state index is 0.0383. The zero-order chi connectivity index (χ0) is 25.8. The Kier molecular flexibility index (Phi) is 10.9. The first kappa shape index (κ1) is 27.4. The van der Waals surface area contributed by atoms with Crippen molar-refractivity contribution >= 4 is 12.1 Å². The minimum atomic E-state index is -0.0462. The Labute approximate surface area is 215 Å². The van der Waals surface area contributed by atoms with Gasteiger partial charge in [0.25, 0.3) is 5.91 Å². The van der Waals surface area contributed by atoms with Crippen molar-refractivity contribution in [3.05, 3.63) is 82.7 Å². The number of carbonyl (C=O) groups excluding carboxylic acids is 1. The zero-order valence-electron chi connectivity index (χ0n) is 21.7. The van der Waals surface area contributed by atoms with Crippen molar-refractivity contribution in [3.63, 3.8) is 0 Å². The average molecular weight is 493 g/mol. The van der Waals surface area contributed by atoms with Gasteiger partial charge < -0.3 is 30.9 Å². The van der Waals surface area contributed by atoms with Gasteiger partial charge in [-0.05, 0) is 43.6 Å². The fourth-order valence-electron chi connectivity index (χ4n) is 4.22. The summed E-state index contributed by atoms with van der Waals surface area (Å²) in [4.78, 5) is 21.5. The largest absolute Gasteiger partial charge is 0.371 e. The summed E-state index contributed by atoms with van der Waals surface area (Å²) >= 11 is 0. The fourth-order valence-corrected chi connectivity index (χ4v) is 4.22. The number of aliphatic imine (C=N–C) groups is 1. The molecule has 2 aromatic rings. The predicted octanol–water partition coefficient (Wildman–Crippen LogP) is 2.64. The Morgan fingerprint density at radius 3 is 2.50 bits per heavy atom. The quantitative estimate of drug-likeness (QED) is 0.372. The van der Waals surface area contributed by atoms with Gasteiger partial charge in [-0.3, -0.25) is 9.79 Å². The van der Waals surface area contributed by atoms with E-state index in [1.54, 1.807) is 6.21 Å². The van der Waals surface area contributed by atoms with E-state index in [0.717, 1.165) is 43.0 Å². The standard InChI is InChI=1S/C28H40N6O2/c1-4-32-27-25(18-31-21-29)28(35)34(17-16-33(27)3)19-22-10-12-23(13-11-22)20-36-26(14-15-30-2)24-8-6-5-7-9-24/h5-13,18,26,30,32H,4,14-17,19-21,29H2,1-3H3/b31-18-. The van der Waals surface area contributed by atoms with Crippen molar-refractivity contribution in [3.8, 4) is 0 Å². The van der Waals surface area contributed by atoms with Gasteiger partial charge in [-0.15, -0.1) is 0 Å². The third-order valence-corrected chi connectivity index (χ3v) is 6.21. The lowest BCUT2D eigenvalue weighted by Gasteiger charge is -2.23. The second kappa shape index (κ2) is 14.4. The molecule has 3 rings (SSSR count). The molecule has 4 N–H and O–H groups in total. The number of hydrogen-bond acceptors (Lipinski definition) is 7. The number of nitrogens with two attached hydrogens (primary N) is 1.